The van der Waals surface area contributed by atoms with E-state index in [-0.39, 0.29) is 0 Å². The van der Waals surface area contributed by atoms with Gasteiger partial charge in [-0.1, -0.05) is 127 Å². The minimum Gasteiger partial charge on any atom is -0.456 e. The van der Waals surface area contributed by atoms with Gasteiger partial charge in [0.2, 0.25) is 0 Å². The van der Waals surface area contributed by atoms with Gasteiger partial charge in [0.25, 0.3) is 0 Å². The number of furan rings is 1. The van der Waals surface area contributed by atoms with Crippen LogP contribution in [-0.4, -0.2) is 0 Å². The third kappa shape index (κ3) is 3.56. The van der Waals surface area contributed by atoms with Gasteiger partial charge in [0.05, 0.1) is 0 Å². The molecule has 9 aromatic carbocycles. The molecule has 1 heterocycles. The number of fused-ring (bicyclic) bond motifs is 2. The van der Waals surface area contributed by atoms with Gasteiger partial charge in [0.15, 0.2) is 0 Å². The fourth-order valence-corrected chi connectivity index (χ4v) is 8.55. The van der Waals surface area contributed by atoms with E-state index >= 15 is 0 Å². The van der Waals surface area contributed by atoms with Crippen molar-refractivity contribution in [2.45, 2.75) is 6.42 Å². The highest BCUT2D eigenvalue weighted by Gasteiger charge is 2.21. The van der Waals surface area contributed by atoms with Gasteiger partial charge in [0, 0.05) is 10.8 Å². The Labute approximate surface area is 277 Å². The van der Waals surface area contributed by atoms with Gasteiger partial charge in [0.1, 0.15) is 11.2 Å². The first-order valence-corrected chi connectivity index (χ1v) is 16.7. The monoisotopic (exact) mass is 608 g/mol. The van der Waals surface area contributed by atoms with Crippen LogP contribution in [0.5, 0.6) is 0 Å². The van der Waals surface area contributed by atoms with Crippen LogP contribution in [0.25, 0.3) is 104 Å². The zero-order chi connectivity index (χ0) is 31.3. The number of hydrogen-bond donors (Lipinski definition) is 0. The van der Waals surface area contributed by atoms with Crippen LogP contribution in [0.2, 0.25) is 0 Å². The van der Waals surface area contributed by atoms with Crippen molar-refractivity contribution in [3.05, 3.63) is 163 Å². The first kappa shape index (κ1) is 25.9. The SMILES string of the molecule is C1=Cc2cc(-c3ccc(-c4c5ccccc5c(-c5ccc6oc7cccc8ccc5c6c87)c5ccccc45)cc3)cc3cccc(c23)C1. The molecule has 0 unspecified atom stereocenters. The van der Waals surface area contributed by atoms with Crippen LogP contribution < -0.4 is 0 Å². The van der Waals surface area contributed by atoms with E-state index < -0.39 is 0 Å². The number of allylic oxidation sites excluding steroid dienone is 1. The number of benzene rings is 9. The molecule has 0 aliphatic heterocycles. The summed E-state index contributed by atoms with van der Waals surface area (Å²) in [4.78, 5) is 0. The lowest BCUT2D eigenvalue weighted by molar-refractivity contribution is 0.669. The fraction of sp³-hybridized carbons (Fsp3) is 0.0213. The van der Waals surface area contributed by atoms with E-state index in [0.29, 0.717) is 0 Å². The molecule has 48 heavy (non-hydrogen) atoms. The van der Waals surface area contributed by atoms with Crippen LogP contribution in [0.4, 0.5) is 0 Å². The van der Waals surface area contributed by atoms with Crippen molar-refractivity contribution in [3.8, 4) is 33.4 Å². The molecular weight excluding hydrogens is 581 g/mol. The third-order valence-electron chi connectivity index (χ3n) is 10.6. The topological polar surface area (TPSA) is 13.1 Å². The lowest BCUT2D eigenvalue weighted by atomic mass is 9.84. The van der Waals surface area contributed by atoms with E-state index in [1.807, 2.05) is 0 Å². The molecule has 10 aromatic rings. The highest BCUT2D eigenvalue weighted by Crippen LogP contribution is 2.48. The van der Waals surface area contributed by atoms with Crippen molar-refractivity contribution in [1.29, 1.82) is 0 Å². The predicted octanol–water partition coefficient (Wildman–Crippen LogP) is 13.2. The van der Waals surface area contributed by atoms with Crippen molar-refractivity contribution in [1.82, 2.24) is 0 Å². The van der Waals surface area contributed by atoms with Crippen molar-refractivity contribution in [2.75, 3.05) is 0 Å². The first-order valence-electron chi connectivity index (χ1n) is 16.7. The van der Waals surface area contributed by atoms with Crippen LogP contribution in [0.15, 0.2) is 156 Å². The molecule has 0 fully saturated rings. The Bertz CT molecular complexity index is 2900. The zero-order valence-electron chi connectivity index (χ0n) is 26.1. The van der Waals surface area contributed by atoms with Gasteiger partial charge in [-0.05, 0) is 124 Å². The lowest BCUT2D eigenvalue weighted by Gasteiger charge is -2.19. The maximum Gasteiger partial charge on any atom is 0.136 e. The highest BCUT2D eigenvalue weighted by molar-refractivity contribution is 6.28. The minimum absolute atomic E-state index is 0.943. The van der Waals surface area contributed by atoms with Gasteiger partial charge in [-0.3, -0.25) is 0 Å². The Morgan fingerprint density at radius 3 is 1.90 bits per heavy atom. The van der Waals surface area contributed by atoms with Crippen LogP contribution in [0, 0.1) is 0 Å². The molecule has 0 radical (unpaired) electrons. The summed E-state index contributed by atoms with van der Waals surface area (Å²) in [6.45, 7) is 0. The second-order valence-electron chi connectivity index (χ2n) is 13.2. The summed E-state index contributed by atoms with van der Waals surface area (Å²) >= 11 is 0. The van der Waals surface area contributed by atoms with E-state index in [1.54, 1.807) is 0 Å². The molecule has 1 aliphatic carbocycles. The lowest BCUT2D eigenvalue weighted by Crippen LogP contribution is -1.94. The molecule has 1 heteroatoms. The van der Waals surface area contributed by atoms with Gasteiger partial charge >= 0.3 is 0 Å². The molecule has 0 saturated carbocycles. The van der Waals surface area contributed by atoms with Gasteiger partial charge in [-0.15, -0.1) is 0 Å². The Morgan fingerprint density at radius 1 is 0.417 bits per heavy atom. The molecule has 222 valence electrons. The van der Waals surface area contributed by atoms with Crippen molar-refractivity contribution >= 4 is 71.1 Å². The first-order chi connectivity index (χ1) is 23.8. The van der Waals surface area contributed by atoms with Gasteiger partial charge in [-0.25, -0.2) is 0 Å². The van der Waals surface area contributed by atoms with Crippen molar-refractivity contribution < 1.29 is 4.42 Å². The summed E-state index contributed by atoms with van der Waals surface area (Å²) in [6.07, 6.45) is 5.57. The summed E-state index contributed by atoms with van der Waals surface area (Å²) in [5.74, 6) is 0. The molecule has 0 atom stereocenters. The standard InChI is InChI=1S/C47H28O/c1-3-15-37-35(13-1)44(31-20-18-28(19-21-31)34-26-32-11-5-8-29-9-6-12-33(27-34)43(29)32)36-14-2-4-16-38(36)46(37)39-24-25-42-47-40(39)23-22-30-10-7-17-41(48-42)45(30)47/h1-8,10-27H,9H2. The van der Waals surface area contributed by atoms with Gasteiger partial charge in [-0.2, -0.15) is 0 Å². The highest BCUT2D eigenvalue weighted by atomic mass is 16.3. The average Bonchev–Trinajstić information content (AvgIpc) is 3.53. The Hall–Kier alpha value is -6.18. The van der Waals surface area contributed by atoms with Crippen LogP contribution in [0.3, 0.4) is 0 Å². The molecule has 0 spiro atoms. The number of hydrogen-bond acceptors (Lipinski definition) is 1. The third-order valence-corrected chi connectivity index (χ3v) is 10.6. The normalized spacial score (nSPS) is 12.8. The summed E-state index contributed by atoms with van der Waals surface area (Å²) in [7, 11) is 0. The number of rotatable bonds is 3. The van der Waals surface area contributed by atoms with Crippen LogP contribution >= 0.6 is 0 Å². The maximum absolute atomic E-state index is 6.34. The Morgan fingerprint density at radius 2 is 1.10 bits per heavy atom. The maximum atomic E-state index is 6.34. The molecular formula is C47H28O. The molecule has 1 aliphatic rings. The second-order valence-corrected chi connectivity index (χ2v) is 13.2. The molecule has 1 nitrogen and oxygen atoms in total. The van der Waals surface area contributed by atoms with Crippen molar-refractivity contribution in [3.63, 3.8) is 0 Å². The van der Waals surface area contributed by atoms with E-state index in [2.05, 4.69) is 158 Å². The van der Waals surface area contributed by atoms with E-state index in [9.17, 15) is 0 Å². The molecule has 0 N–H and O–H groups in total. The van der Waals surface area contributed by atoms with Gasteiger partial charge < -0.3 is 4.42 Å². The molecule has 11 rings (SSSR count). The van der Waals surface area contributed by atoms with E-state index in [0.717, 1.165) is 17.6 Å². The quantitative estimate of drug-likeness (QED) is 0.144. The zero-order valence-corrected chi connectivity index (χ0v) is 26.1. The second kappa shape index (κ2) is 9.67. The molecule has 0 saturated heterocycles. The summed E-state index contributed by atoms with van der Waals surface area (Å²) in [5, 5.41) is 12.6. The smallest absolute Gasteiger partial charge is 0.136 e. The minimum atomic E-state index is 0.943. The van der Waals surface area contributed by atoms with E-state index in [1.165, 1.54) is 98.4 Å². The predicted molar refractivity (Wildman–Crippen MR) is 204 cm³/mol. The summed E-state index contributed by atoms with van der Waals surface area (Å²) in [5.41, 5.74) is 12.1. The van der Waals surface area contributed by atoms with Crippen LogP contribution in [0.1, 0.15) is 11.1 Å². The van der Waals surface area contributed by atoms with Crippen molar-refractivity contribution in [2.24, 2.45) is 0 Å². The Balaban J connectivity index is 1.13. The molecule has 0 bridgehead atoms. The average molecular weight is 609 g/mol. The summed E-state index contributed by atoms with van der Waals surface area (Å²) < 4.78 is 6.34. The summed E-state index contributed by atoms with van der Waals surface area (Å²) in [6, 6.07) is 53.7. The largest absolute Gasteiger partial charge is 0.456 e. The molecule has 1 aromatic heterocycles. The van der Waals surface area contributed by atoms with Crippen LogP contribution in [-0.2, 0) is 6.42 Å². The van der Waals surface area contributed by atoms with E-state index in [4.69, 9.17) is 4.42 Å². The fourth-order valence-electron chi connectivity index (χ4n) is 8.55. The molecule has 0 amide bonds. The Kier molecular flexibility index (Phi) is 5.23.